The van der Waals surface area contributed by atoms with Gasteiger partial charge in [-0.25, -0.2) is 0 Å². The van der Waals surface area contributed by atoms with Gasteiger partial charge in [0.05, 0.1) is 6.67 Å². The van der Waals surface area contributed by atoms with Crippen LogP contribution >= 0.6 is 0 Å². The van der Waals surface area contributed by atoms with E-state index in [2.05, 4.69) is 10.6 Å². The van der Waals surface area contributed by atoms with Crippen LogP contribution in [0.5, 0.6) is 0 Å². The summed E-state index contributed by atoms with van der Waals surface area (Å²) in [6.07, 6.45) is 3.07. The van der Waals surface area contributed by atoms with Crippen molar-refractivity contribution < 1.29 is 4.79 Å². The van der Waals surface area contributed by atoms with Gasteiger partial charge in [0, 0.05) is 12.3 Å². The van der Waals surface area contributed by atoms with Crippen molar-refractivity contribution in [1.29, 1.82) is 0 Å². The first kappa shape index (κ1) is 4.18. The molecule has 0 bridgehead atoms. The van der Waals surface area contributed by atoms with Crippen molar-refractivity contribution in [3.05, 3.63) is 12.3 Å². The second-order valence-electron chi connectivity index (χ2n) is 1.26. The molecule has 0 radical (unpaired) electrons. The Bertz CT molecular complexity index is 108. The largest absolute Gasteiger partial charge is 0.374 e. The first-order valence-electron chi connectivity index (χ1n) is 2.07. The van der Waals surface area contributed by atoms with Gasteiger partial charge in [-0.2, -0.15) is 0 Å². The van der Waals surface area contributed by atoms with E-state index in [0.29, 0.717) is 6.67 Å². The molecule has 0 unspecified atom stereocenters. The van der Waals surface area contributed by atoms with E-state index in [4.69, 9.17) is 0 Å². The van der Waals surface area contributed by atoms with Crippen molar-refractivity contribution in [2.75, 3.05) is 6.67 Å². The highest BCUT2D eigenvalue weighted by atomic mass is 16.1. The highest BCUT2D eigenvalue weighted by Crippen LogP contribution is 1.73. The number of carbonyl (C=O) groups excluding carboxylic acids is 1. The average molecular weight is 98.1 g/mol. The predicted octanol–water partition coefficient (Wildman–Crippen LogP) is -0.823. The van der Waals surface area contributed by atoms with E-state index in [1.54, 1.807) is 6.20 Å². The minimum absolute atomic E-state index is 0.0289. The molecule has 0 aromatic carbocycles. The Labute approximate surface area is 41.4 Å². The number of amides is 1. The normalized spacial score (nSPS) is 18.0. The Morgan fingerprint density at radius 2 is 2.57 bits per heavy atom. The zero-order chi connectivity index (χ0) is 5.11. The number of hydrogen-bond acceptors (Lipinski definition) is 2. The fourth-order valence-corrected chi connectivity index (χ4v) is 0.391. The maximum Gasteiger partial charge on any atom is 0.246 e. The molecule has 38 valence electrons. The predicted molar refractivity (Wildman–Crippen MR) is 25.3 cm³/mol. The molecule has 1 rings (SSSR count). The third-order valence-corrected chi connectivity index (χ3v) is 0.717. The minimum atomic E-state index is -0.0289. The van der Waals surface area contributed by atoms with E-state index < -0.39 is 0 Å². The van der Waals surface area contributed by atoms with Crippen LogP contribution in [0.15, 0.2) is 12.3 Å². The van der Waals surface area contributed by atoms with Gasteiger partial charge >= 0.3 is 0 Å². The molecular weight excluding hydrogens is 92.1 g/mol. The lowest BCUT2D eigenvalue weighted by molar-refractivity contribution is -0.116. The Morgan fingerprint density at radius 1 is 1.71 bits per heavy atom. The fraction of sp³-hybridized carbons (Fsp3) is 0.250. The minimum Gasteiger partial charge on any atom is -0.374 e. The average Bonchev–Trinajstić information content (AvgIpc) is 1.69. The summed E-state index contributed by atoms with van der Waals surface area (Å²) in [6, 6.07) is 0. The summed E-state index contributed by atoms with van der Waals surface area (Å²) in [5.41, 5.74) is 0. The molecule has 2 N–H and O–H groups in total. The van der Waals surface area contributed by atoms with E-state index in [-0.39, 0.29) is 5.91 Å². The van der Waals surface area contributed by atoms with Crippen molar-refractivity contribution in [1.82, 2.24) is 10.6 Å². The summed E-state index contributed by atoms with van der Waals surface area (Å²) in [4.78, 5) is 10.2. The van der Waals surface area contributed by atoms with Gasteiger partial charge in [0.25, 0.3) is 0 Å². The summed E-state index contributed by atoms with van der Waals surface area (Å²) in [5, 5.41) is 5.35. The van der Waals surface area contributed by atoms with Crippen LogP contribution in [0.3, 0.4) is 0 Å². The molecule has 1 amide bonds. The summed E-state index contributed by atoms with van der Waals surface area (Å²) in [5.74, 6) is -0.0289. The maximum atomic E-state index is 10.2. The van der Waals surface area contributed by atoms with Gasteiger partial charge in [-0.1, -0.05) is 0 Å². The third-order valence-electron chi connectivity index (χ3n) is 0.717. The zero-order valence-electron chi connectivity index (χ0n) is 3.77. The standard InChI is InChI=1S/C4H6N2O/c7-4-1-2-5-3-6-4/h1-2,5H,3H2,(H,6,7). The van der Waals surface area contributed by atoms with Crippen LogP contribution in [0, 0.1) is 0 Å². The topological polar surface area (TPSA) is 41.1 Å². The van der Waals surface area contributed by atoms with Crippen molar-refractivity contribution in [2.45, 2.75) is 0 Å². The van der Waals surface area contributed by atoms with E-state index in [9.17, 15) is 4.79 Å². The van der Waals surface area contributed by atoms with Crippen LogP contribution in [-0.2, 0) is 4.79 Å². The van der Waals surface area contributed by atoms with E-state index in [1.807, 2.05) is 0 Å². The van der Waals surface area contributed by atoms with E-state index >= 15 is 0 Å². The molecule has 3 heteroatoms. The van der Waals surface area contributed by atoms with Crippen molar-refractivity contribution in [3.8, 4) is 0 Å². The number of rotatable bonds is 0. The van der Waals surface area contributed by atoms with Gasteiger partial charge in [0.1, 0.15) is 0 Å². The molecule has 1 heterocycles. The van der Waals surface area contributed by atoms with Crippen LogP contribution < -0.4 is 10.6 Å². The first-order chi connectivity index (χ1) is 3.39. The van der Waals surface area contributed by atoms with Crippen molar-refractivity contribution in [2.24, 2.45) is 0 Å². The lowest BCUT2D eigenvalue weighted by atomic mass is 10.5. The van der Waals surface area contributed by atoms with E-state index in [1.165, 1.54) is 6.08 Å². The molecule has 7 heavy (non-hydrogen) atoms. The van der Waals surface area contributed by atoms with E-state index in [0.717, 1.165) is 0 Å². The lowest BCUT2D eigenvalue weighted by Gasteiger charge is -2.05. The van der Waals surface area contributed by atoms with Crippen LogP contribution in [0.25, 0.3) is 0 Å². The molecule has 0 aliphatic carbocycles. The lowest BCUT2D eigenvalue weighted by Crippen LogP contribution is -2.33. The summed E-state index contributed by atoms with van der Waals surface area (Å²) in [7, 11) is 0. The second-order valence-corrected chi connectivity index (χ2v) is 1.26. The summed E-state index contributed by atoms with van der Waals surface area (Å²) >= 11 is 0. The zero-order valence-corrected chi connectivity index (χ0v) is 3.77. The van der Waals surface area contributed by atoms with Gasteiger partial charge < -0.3 is 10.6 Å². The first-order valence-corrected chi connectivity index (χ1v) is 2.07. The third kappa shape index (κ3) is 0.924. The summed E-state index contributed by atoms with van der Waals surface area (Å²) in [6.45, 7) is 0.551. The summed E-state index contributed by atoms with van der Waals surface area (Å²) < 4.78 is 0. The molecule has 0 aromatic heterocycles. The smallest absolute Gasteiger partial charge is 0.246 e. The Hall–Kier alpha value is -0.990. The molecule has 0 saturated heterocycles. The molecule has 1 aliphatic heterocycles. The van der Waals surface area contributed by atoms with Crippen LogP contribution in [-0.4, -0.2) is 12.6 Å². The van der Waals surface area contributed by atoms with Crippen LogP contribution in [0.4, 0.5) is 0 Å². The van der Waals surface area contributed by atoms with Gasteiger partial charge in [-0.3, -0.25) is 4.79 Å². The second kappa shape index (κ2) is 1.64. The Balaban J connectivity index is 2.51. The molecule has 0 atom stereocenters. The van der Waals surface area contributed by atoms with Gasteiger partial charge in [-0.15, -0.1) is 0 Å². The molecule has 1 aliphatic rings. The Morgan fingerprint density at radius 3 is 2.86 bits per heavy atom. The van der Waals surface area contributed by atoms with Crippen LogP contribution in [0.1, 0.15) is 0 Å². The highest BCUT2D eigenvalue weighted by molar-refractivity contribution is 5.87. The fourth-order valence-electron chi connectivity index (χ4n) is 0.391. The highest BCUT2D eigenvalue weighted by Gasteiger charge is 1.94. The molecule has 0 saturated carbocycles. The molecule has 0 fully saturated rings. The molecule has 0 spiro atoms. The van der Waals surface area contributed by atoms with Gasteiger partial charge in [0.15, 0.2) is 0 Å². The SMILES string of the molecule is O=C1C=CNCN1. The van der Waals surface area contributed by atoms with Crippen molar-refractivity contribution >= 4 is 5.91 Å². The molecule has 0 aromatic rings. The van der Waals surface area contributed by atoms with Crippen molar-refractivity contribution in [3.63, 3.8) is 0 Å². The monoisotopic (exact) mass is 98.0 g/mol. The van der Waals surface area contributed by atoms with Gasteiger partial charge in [0.2, 0.25) is 5.91 Å². The number of nitrogens with one attached hydrogen (secondary N) is 2. The van der Waals surface area contributed by atoms with Gasteiger partial charge in [-0.05, 0) is 0 Å². The Kier molecular flexibility index (Phi) is 0.978. The molecule has 3 nitrogen and oxygen atoms in total. The maximum absolute atomic E-state index is 10.2. The molecular formula is C4H6N2O. The van der Waals surface area contributed by atoms with Crippen LogP contribution in [0.2, 0.25) is 0 Å². The quantitative estimate of drug-likeness (QED) is 0.415. The number of hydrogen-bond donors (Lipinski definition) is 2. The number of carbonyl (C=O) groups is 1.